The molecule has 0 radical (unpaired) electrons. The van der Waals surface area contributed by atoms with Gasteiger partial charge in [-0.15, -0.1) is 0 Å². The summed E-state index contributed by atoms with van der Waals surface area (Å²) in [6, 6.07) is 7.15. The molecule has 0 unspecified atom stereocenters. The number of amides is 1. The molecule has 6 nitrogen and oxygen atoms in total. The summed E-state index contributed by atoms with van der Waals surface area (Å²) in [7, 11) is 0. The number of carbonyl (C=O) groups excluding carboxylic acids is 1. The fourth-order valence-corrected chi connectivity index (χ4v) is 2.09. The molecular weight excluding hydrogens is 264 g/mol. The minimum absolute atomic E-state index is 0.151. The zero-order valence-corrected chi connectivity index (χ0v) is 10.9. The number of hydrogen-bond donors (Lipinski definition) is 2. The average Bonchev–Trinajstić information content (AvgIpc) is 2.78. The number of nitrogens with two attached hydrogens (primary N) is 1. The first kappa shape index (κ1) is 13.2. The number of benzene rings is 1. The van der Waals surface area contributed by atoms with E-state index in [9.17, 15) is 4.79 Å². The maximum Gasteiger partial charge on any atom is 0.257 e. The van der Waals surface area contributed by atoms with Crippen LogP contribution in [0.5, 0.6) is 0 Å². The molecule has 0 aliphatic heterocycles. The van der Waals surface area contributed by atoms with E-state index >= 15 is 0 Å². The van der Waals surface area contributed by atoms with Crippen molar-refractivity contribution in [3.05, 3.63) is 18.2 Å². The Hall–Kier alpha value is -2.20. The van der Waals surface area contributed by atoms with Gasteiger partial charge in [-0.3, -0.25) is 4.79 Å². The van der Waals surface area contributed by atoms with E-state index in [4.69, 9.17) is 15.4 Å². The fraction of sp³-hybridized carbons (Fsp3) is 0.250. The number of nitrogen functional groups attached to an aromatic ring is 1. The highest BCUT2D eigenvalue weighted by Crippen LogP contribution is 2.24. The van der Waals surface area contributed by atoms with Gasteiger partial charge in [0.15, 0.2) is 5.58 Å². The molecule has 0 fully saturated rings. The number of oxazole rings is 1. The lowest BCUT2D eigenvalue weighted by atomic mass is 10.3. The van der Waals surface area contributed by atoms with Crippen LogP contribution in [0, 0.1) is 11.3 Å². The van der Waals surface area contributed by atoms with Crippen molar-refractivity contribution < 1.29 is 9.21 Å². The molecule has 0 atom stereocenters. The van der Waals surface area contributed by atoms with Crippen molar-refractivity contribution in [2.24, 2.45) is 0 Å². The van der Waals surface area contributed by atoms with E-state index in [1.54, 1.807) is 18.2 Å². The van der Waals surface area contributed by atoms with Gasteiger partial charge in [-0.05, 0) is 18.2 Å². The number of rotatable bonds is 5. The third-order valence-corrected chi connectivity index (χ3v) is 3.11. The number of nitriles is 1. The number of nitrogens with one attached hydrogen (secondary N) is 1. The van der Waals surface area contributed by atoms with Crippen molar-refractivity contribution in [1.29, 1.82) is 5.26 Å². The highest BCUT2D eigenvalue weighted by Gasteiger charge is 2.09. The van der Waals surface area contributed by atoms with E-state index in [0.29, 0.717) is 35.0 Å². The van der Waals surface area contributed by atoms with Gasteiger partial charge < -0.3 is 15.5 Å². The molecule has 1 aromatic carbocycles. The zero-order valence-electron chi connectivity index (χ0n) is 10.0. The zero-order chi connectivity index (χ0) is 13.7. The summed E-state index contributed by atoms with van der Waals surface area (Å²) in [6.07, 6.45) is 0.304. The summed E-state index contributed by atoms with van der Waals surface area (Å²) >= 11 is 1.20. The number of anilines is 1. The normalized spacial score (nSPS) is 10.3. The first-order valence-corrected chi connectivity index (χ1v) is 6.60. The minimum Gasteiger partial charge on any atom is -0.431 e. The highest BCUT2D eigenvalue weighted by molar-refractivity contribution is 7.99. The van der Waals surface area contributed by atoms with Gasteiger partial charge in [0.1, 0.15) is 5.52 Å². The molecule has 0 spiro atoms. The van der Waals surface area contributed by atoms with Crippen LogP contribution >= 0.6 is 11.8 Å². The summed E-state index contributed by atoms with van der Waals surface area (Å²) < 4.78 is 5.46. The van der Waals surface area contributed by atoms with E-state index in [0.717, 1.165) is 0 Å². The van der Waals surface area contributed by atoms with Crippen LogP contribution in [0.1, 0.15) is 6.42 Å². The van der Waals surface area contributed by atoms with Gasteiger partial charge >= 0.3 is 0 Å². The Kier molecular flexibility index (Phi) is 4.26. The van der Waals surface area contributed by atoms with E-state index in [1.807, 2.05) is 6.07 Å². The molecule has 1 aromatic heterocycles. The second-order valence-corrected chi connectivity index (χ2v) is 4.68. The topological polar surface area (TPSA) is 105 Å². The summed E-state index contributed by atoms with van der Waals surface area (Å²) in [5.74, 6) is 0.0512. The van der Waals surface area contributed by atoms with Crippen molar-refractivity contribution in [3.8, 4) is 6.07 Å². The second-order valence-electron chi connectivity index (χ2n) is 3.75. The lowest BCUT2D eigenvalue weighted by Crippen LogP contribution is -2.25. The molecule has 0 aliphatic carbocycles. The standard InChI is InChI=1S/C12H12N4O2S/c13-4-1-5-15-11(17)7-19-12-16-9-6-8(14)2-3-10(9)18-12/h2-3,6H,1,5,7,14H2,(H,15,17). The molecule has 19 heavy (non-hydrogen) atoms. The van der Waals surface area contributed by atoms with E-state index in [2.05, 4.69) is 10.3 Å². The maximum atomic E-state index is 11.4. The Morgan fingerprint density at radius 2 is 2.42 bits per heavy atom. The van der Waals surface area contributed by atoms with Crippen LogP contribution in [0.2, 0.25) is 0 Å². The van der Waals surface area contributed by atoms with Crippen molar-refractivity contribution in [2.75, 3.05) is 18.0 Å². The number of aromatic nitrogens is 1. The van der Waals surface area contributed by atoms with Crippen LogP contribution in [-0.4, -0.2) is 23.2 Å². The number of nitrogens with zero attached hydrogens (tertiary/aromatic N) is 2. The number of hydrogen-bond acceptors (Lipinski definition) is 6. The van der Waals surface area contributed by atoms with E-state index in [-0.39, 0.29) is 11.7 Å². The second kappa shape index (κ2) is 6.11. The average molecular weight is 276 g/mol. The summed E-state index contributed by atoms with van der Waals surface area (Å²) in [4.78, 5) is 15.7. The van der Waals surface area contributed by atoms with Crippen molar-refractivity contribution in [1.82, 2.24) is 10.3 Å². The molecule has 2 aromatic rings. The monoisotopic (exact) mass is 276 g/mol. The number of fused-ring (bicyclic) bond motifs is 1. The first-order valence-electron chi connectivity index (χ1n) is 5.61. The van der Waals surface area contributed by atoms with Crippen LogP contribution in [0.25, 0.3) is 11.1 Å². The van der Waals surface area contributed by atoms with Crippen molar-refractivity contribution in [2.45, 2.75) is 11.6 Å². The van der Waals surface area contributed by atoms with Gasteiger partial charge in [-0.1, -0.05) is 11.8 Å². The van der Waals surface area contributed by atoms with Gasteiger partial charge in [0, 0.05) is 12.2 Å². The first-order chi connectivity index (χ1) is 9.19. The van der Waals surface area contributed by atoms with Gasteiger partial charge in [-0.2, -0.15) is 5.26 Å². The van der Waals surface area contributed by atoms with Gasteiger partial charge in [0.2, 0.25) is 5.91 Å². The van der Waals surface area contributed by atoms with Crippen LogP contribution in [0.4, 0.5) is 5.69 Å². The summed E-state index contributed by atoms with van der Waals surface area (Å²) in [5.41, 5.74) is 7.58. The molecule has 1 amide bonds. The molecule has 0 saturated carbocycles. The number of thioether (sulfide) groups is 1. The van der Waals surface area contributed by atoms with Crippen molar-refractivity contribution in [3.63, 3.8) is 0 Å². The molecule has 0 aliphatic rings. The van der Waals surface area contributed by atoms with Crippen LogP contribution in [0.3, 0.4) is 0 Å². The lowest BCUT2D eigenvalue weighted by Gasteiger charge is -1.99. The SMILES string of the molecule is N#CCCNC(=O)CSc1nc2cc(N)ccc2o1. The van der Waals surface area contributed by atoms with E-state index < -0.39 is 0 Å². The molecular formula is C12H12N4O2S. The lowest BCUT2D eigenvalue weighted by molar-refractivity contribution is -0.118. The quantitative estimate of drug-likeness (QED) is 0.487. The molecule has 2 rings (SSSR count). The molecule has 7 heteroatoms. The summed E-state index contributed by atoms with van der Waals surface area (Å²) in [6.45, 7) is 0.361. The Morgan fingerprint density at radius 1 is 1.58 bits per heavy atom. The predicted octanol–water partition coefficient (Wildman–Crippen LogP) is 1.53. The predicted molar refractivity (Wildman–Crippen MR) is 72.4 cm³/mol. The third-order valence-electron chi connectivity index (χ3n) is 2.28. The molecule has 1 heterocycles. The molecule has 0 saturated heterocycles. The smallest absolute Gasteiger partial charge is 0.257 e. The Morgan fingerprint density at radius 3 is 3.21 bits per heavy atom. The third kappa shape index (κ3) is 3.63. The fourth-order valence-electron chi connectivity index (χ4n) is 1.42. The van der Waals surface area contributed by atoms with Gasteiger partial charge in [0.25, 0.3) is 5.22 Å². The van der Waals surface area contributed by atoms with Crippen LogP contribution < -0.4 is 11.1 Å². The van der Waals surface area contributed by atoms with Crippen LogP contribution in [-0.2, 0) is 4.79 Å². The number of carbonyl (C=O) groups is 1. The Balaban J connectivity index is 1.91. The van der Waals surface area contributed by atoms with E-state index in [1.165, 1.54) is 11.8 Å². The highest BCUT2D eigenvalue weighted by atomic mass is 32.2. The Bertz CT molecular complexity index is 632. The molecule has 3 N–H and O–H groups in total. The van der Waals surface area contributed by atoms with Crippen LogP contribution in [0.15, 0.2) is 27.8 Å². The molecule has 98 valence electrons. The largest absolute Gasteiger partial charge is 0.431 e. The molecule has 0 bridgehead atoms. The maximum absolute atomic E-state index is 11.4. The Labute approximate surface area is 114 Å². The van der Waals surface area contributed by atoms with Crippen molar-refractivity contribution >= 4 is 34.5 Å². The van der Waals surface area contributed by atoms with Gasteiger partial charge in [0.05, 0.1) is 18.2 Å². The minimum atomic E-state index is -0.151. The summed E-state index contributed by atoms with van der Waals surface area (Å²) in [5, 5.41) is 11.4. The van der Waals surface area contributed by atoms with Gasteiger partial charge in [-0.25, -0.2) is 4.98 Å².